The molecule has 0 aliphatic heterocycles. The highest BCUT2D eigenvalue weighted by molar-refractivity contribution is 7.71. The molecule has 0 radical (unpaired) electrons. The van der Waals surface area contributed by atoms with Crippen molar-refractivity contribution in [2.45, 2.75) is 6.42 Å². The molecule has 0 saturated heterocycles. The first-order valence-electron chi connectivity index (χ1n) is 8.73. The quantitative estimate of drug-likeness (QED) is 0.561. The zero-order valence-electron chi connectivity index (χ0n) is 16.9. The van der Waals surface area contributed by atoms with Crippen molar-refractivity contribution in [2.75, 3.05) is 35.5 Å². The zero-order valence-corrected chi connectivity index (χ0v) is 17.8. The molecule has 29 heavy (non-hydrogen) atoms. The topological polar surface area (TPSA) is 79.8 Å². The van der Waals surface area contributed by atoms with Crippen molar-refractivity contribution in [1.29, 1.82) is 0 Å². The van der Waals surface area contributed by atoms with Gasteiger partial charge in [-0.1, -0.05) is 0 Å². The minimum absolute atomic E-state index is 0.441. The predicted octanol–water partition coefficient (Wildman–Crippen LogP) is 3.56. The van der Waals surface area contributed by atoms with Gasteiger partial charge in [-0.25, -0.2) is 0 Å². The van der Waals surface area contributed by atoms with E-state index in [9.17, 15) is 0 Å². The molecule has 0 bridgehead atoms. The van der Waals surface area contributed by atoms with Gasteiger partial charge in [0.15, 0.2) is 16.3 Å². The van der Waals surface area contributed by atoms with E-state index in [1.165, 1.54) is 0 Å². The van der Waals surface area contributed by atoms with E-state index in [-0.39, 0.29) is 0 Å². The minimum Gasteiger partial charge on any atom is -0.497 e. The molecule has 3 aromatic rings. The molecular weight excluding hydrogens is 394 g/mol. The van der Waals surface area contributed by atoms with Crippen LogP contribution >= 0.6 is 12.2 Å². The first kappa shape index (κ1) is 20.5. The Morgan fingerprint density at radius 3 is 2.07 bits per heavy atom. The largest absolute Gasteiger partial charge is 0.497 e. The molecule has 8 nitrogen and oxygen atoms in total. The summed E-state index contributed by atoms with van der Waals surface area (Å²) in [6.07, 6.45) is 0.462. The van der Waals surface area contributed by atoms with Gasteiger partial charge in [0.25, 0.3) is 0 Å². The third kappa shape index (κ3) is 4.00. The second kappa shape index (κ2) is 8.87. The summed E-state index contributed by atoms with van der Waals surface area (Å²) in [5, 5.41) is 7.26. The van der Waals surface area contributed by atoms with Gasteiger partial charge in [-0.05, 0) is 30.4 Å². The van der Waals surface area contributed by atoms with Crippen LogP contribution in [0.4, 0.5) is 0 Å². The van der Waals surface area contributed by atoms with Gasteiger partial charge >= 0.3 is 0 Å². The van der Waals surface area contributed by atoms with Gasteiger partial charge in [-0.15, -0.1) is 0 Å². The fourth-order valence-corrected chi connectivity index (χ4v) is 3.36. The Labute approximate surface area is 173 Å². The van der Waals surface area contributed by atoms with E-state index < -0.39 is 0 Å². The maximum absolute atomic E-state index is 5.49. The third-order valence-corrected chi connectivity index (χ3v) is 4.76. The summed E-state index contributed by atoms with van der Waals surface area (Å²) < 4.78 is 29.4. The van der Waals surface area contributed by atoms with Gasteiger partial charge in [0.2, 0.25) is 5.75 Å². The fraction of sp³-hybridized carbons (Fsp3) is 0.300. The third-order valence-electron chi connectivity index (χ3n) is 4.49. The molecular formula is C20H23N3O5S. The lowest BCUT2D eigenvalue weighted by Crippen LogP contribution is -2.05. The lowest BCUT2D eigenvalue weighted by Gasteiger charge is -2.16. The molecule has 2 aromatic carbocycles. The van der Waals surface area contributed by atoms with Gasteiger partial charge < -0.3 is 23.7 Å². The molecule has 0 atom stereocenters. The van der Waals surface area contributed by atoms with Gasteiger partial charge in [-0.3, -0.25) is 9.67 Å². The van der Waals surface area contributed by atoms with E-state index in [0.29, 0.717) is 34.3 Å². The van der Waals surface area contributed by atoms with Crippen molar-refractivity contribution in [1.82, 2.24) is 14.8 Å². The average Bonchev–Trinajstić information content (AvgIpc) is 3.12. The summed E-state index contributed by atoms with van der Waals surface area (Å²) >= 11 is 5.48. The normalized spacial score (nSPS) is 10.5. The number of methoxy groups -OCH3 is 5. The van der Waals surface area contributed by atoms with Crippen molar-refractivity contribution >= 4 is 12.2 Å². The maximum atomic E-state index is 5.49. The van der Waals surface area contributed by atoms with Crippen LogP contribution in [0.5, 0.6) is 28.7 Å². The van der Waals surface area contributed by atoms with Gasteiger partial charge in [0, 0.05) is 24.1 Å². The number of rotatable bonds is 8. The molecule has 0 aliphatic carbocycles. The van der Waals surface area contributed by atoms with E-state index >= 15 is 0 Å². The number of aromatic nitrogens is 3. The molecule has 9 heteroatoms. The number of ether oxygens (including phenoxy) is 5. The predicted molar refractivity (Wildman–Crippen MR) is 111 cm³/mol. The van der Waals surface area contributed by atoms with Crippen LogP contribution in [0.1, 0.15) is 11.4 Å². The highest BCUT2D eigenvalue weighted by Gasteiger charge is 2.18. The summed E-state index contributed by atoms with van der Waals surface area (Å²) in [6.45, 7) is 0. The summed E-state index contributed by atoms with van der Waals surface area (Å²) in [6, 6.07) is 9.26. The smallest absolute Gasteiger partial charge is 0.203 e. The van der Waals surface area contributed by atoms with E-state index in [1.54, 1.807) is 35.5 Å². The number of hydrogen-bond donors (Lipinski definition) is 1. The Kier molecular flexibility index (Phi) is 6.28. The van der Waals surface area contributed by atoms with Crippen LogP contribution in [0, 0.1) is 4.77 Å². The Bertz CT molecular complexity index is 1040. The Balaban J connectivity index is 2.12. The van der Waals surface area contributed by atoms with Gasteiger partial charge in [0.1, 0.15) is 17.3 Å². The molecule has 0 saturated carbocycles. The van der Waals surface area contributed by atoms with Gasteiger partial charge in [0.05, 0.1) is 41.2 Å². The first-order valence-corrected chi connectivity index (χ1v) is 9.14. The number of aromatic amines is 1. The van der Waals surface area contributed by atoms with E-state index in [4.69, 9.17) is 35.9 Å². The standard InChI is InChI=1S/C20H23N3O5S/c1-24-14-6-7-15(25-2)12(8-14)9-18-21-22-20(29)23(18)13-10-16(26-3)19(28-5)17(11-13)27-4/h6-8,10-11H,9H2,1-5H3,(H,22,29). The van der Waals surface area contributed by atoms with Crippen LogP contribution in [0.3, 0.4) is 0 Å². The first-order chi connectivity index (χ1) is 14.1. The van der Waals surface area contributed by atoms with Crippen molar-refractivity contribution in [2.24, 2.45) is 0 Å². The summed E-state index contributed by atoms with van der Waals surface area (Å²) in [5.41, 5.74) is 1.64. The highest BCUT2D eigenvalue weighted by atomic mass is 32.1. The molecule has 0 amide bonds. The second-order valence-electron chi connectivity index (χ2n) is 6.02. The molecule has 1 aromatic heterocycles. The van der Waals surface area contributed by atoms with Crippen LogP contribution in [0.2, 0.25) is 0 Å². The van der Waals surface area contributed by atoms with Crippen LogP contribution < -0.4 is 23.7 Å². The Morgan fingerprint density at radius 1 is 0.862 bits per heavy atom. The van der Waals surface area contributed by atoms with Crippen LogP contribution in [-0.4, -0.2) is 50.3 Å². The second-order valence-corrected chi connectivity index (χ2v) is 6.41. The van der Waals surface area contributed by atoms with Gasteiger partial charge in [-0.2, -0.15) is 5.10 Å². The Hall–Kier alpha value is -3.20. The van der Waals surface area contributed by atoms with E-state index in [2.05, 4.69) is 10.2 Å². The number of nitrogens with zero attached hydrogens (tertiary/aromatic N) is 2. The molecule has 1 N–H and O–H groups in total. The van der Waals surface area contributed by atoms with Crippen LogP contribution in [0.15, 0.2) is 30.3 Å². The molecule has 1 heterocycles. The lowest BCUT2D eigenvalue weighted by atomic mass is 10.1. The van der Waals surface area contributed by atoms with Crippen LogP contribution in [-0.2, 0) is 6.42 Å². The molecule has 0 fully saturated rings. The minimum atomic E-state index is 0.441. The average molecular weight is 417 g/mol. The van der Waals surface area contributed by atoms with Crippen LogP contribution in [0.25, 0.3) is 5.69 Å². The Morgan fingerprint density at radius 2 is 1.52 bits per heavy atom. The van der Waals surface area contributed by atoms with Crippen molar-refractivity contribution in [3.8, 4) is 34.4 Å². The molecule has 0 aliphatic rings. The molecule has 154 valence electrons. The number of benzene rings is 2. The fourth-order valence-electron chi connectivity index (χ4n) is 3.10. The van der Waals surface area contributed by atoms with Crippen molar-refractivity contribution in [3.63, 3.8) is 0 Å². The SMILES string of the molecule is COc1ccc(OC)c(Cc2n[nH]c(=S)n2-c2cc(OC)c(OC)c(OC)c2)c1. The number of hydrogen-bond acceptors (Lipinski definition) is 7. The van der Waals surface area contributed by atoms with E-state index in [0.717, 1.165) is 22.7 Å². The highest BCUT2D eigenvalue weighted by Crippen LogP contribution is 2.39. The van der Waals surface area contributed by atoms with Crippen molar-refractivity contribution < 1.29 is 23.7 Å². The molecule has 0 spiro atoms. The molecule has 0 unspecified atom stereocenters. The maximum Gasteiger partial charge on any atom is 0.203 e. The molecule has 3 rings (SSSR count). The monoisotopic (exact) mass is 417 g/mol. The summed E-state index contributed by atoms with van der Waals surface area (Å²) in [7, 11) is 7.94. The lowest BCUT2D eigenvalue weighted by molar-refractivity contribution is 0.324. The van der Waals surface area contributed by atoms with E-state index in [1.807, 2.05) is 34.9 Å². The summed E-state index contributed by atoms with van der Waals surface area (Å²) in [5.74, 6) is 3.70. The zero-order chi connectivity index (χ0) is 21.0. The number of H-pyrrole nitrogens is 1. The number of nitrogens with one attached hydrogen (secondary N) is 1. The van der Waals surface area contributed by atoms with Crippen molar-refractivity contribution in [3.05, 3.63) is 46.5 Å². The summed E-state index contributed by atoms with van der Waals surface area (Å²) in [4.78, 5) is 0.